The van der Waals surface area contributed by atoms with Gasteiger partial charge in [0.1, 0.15) is 0 Å². The third kappa shape index (κ3) is 3.78. The number of hydrogen-bond donors (Lipinski definition) is 1. The van der Waals surface area contributed by atoms with Gasteiger partial charge in [0.15, 0.2) is 11.5 Å². The molecular formula is C22H30N4O3. The number of methoxy groups -OCH3 is 2. The van der Waals surface area contributed by atoms with Gasteiger partial charge in [0.25, 0.3) is 0 Å². The van der Waals surface area contributed by atoms with Gasteiger partial charge in [-0.1, -0.05) is 18.9 Å². The van der Waals surface area contributed by atoms with Crippen LogP contribution in [0.4, 0.5) is 10.5 Å². The smallest absolute Gasteiger partial charge is 0.322 e. The maximum absolute atomic E-state index is 13.4. The number of carbonyl (C=O) groups excluding carboxylic acids is 1. The summed E-state index contributed by atoms with van der Waals surface area (Å²) < 4.78 is 12.8. The molecule has 0 atom stereocenters. The van der Waals surface area contributed by atoms with Crippen molar-refractivity contribution in [3.05, 3.63) is 35.2 Å². The molecule has 2 aliphatic rings. The van der Waals surface area contributed by atoms with Gasteiger partial charge < -0.3 is 19.7 Å². The summed E-state index contributed by atoms with van der Waals surface area (Å²) in [4.78, 5) is 15.3. The average Bonchev–Trinajstić information content (AvgIpc) is 3.46. The predicted octanol–water partition coefficient (Wildman–Crippen LogP) is 3.90. The van der Waals surface area contributed by atoms with E-state index in [1.165, 1.54) is 17.7 Å². The van der Waals surface area contributed by atoms with Crippen LogP contribution >= 0.6 is 0 Å². The van der Waals surface area contributed by atoms with Gasteiger partial charge in [-0.05, 0) is 49.8 Å². The number of rotatable bonds is 6. The number of para-hydroxylation sites is 1. The Bertz CT molecular complexity index is 886. The molecule has 1 fully saturated rings. The molecule has 0 bridgehead atoms. The van der Waals surface area contributed by atoms with Gasteiger partial charge in [-0.3, -0.25) is 4.68 Å². The number of benzene rings is 1. The summed E-state index contributed by atoms with van der Waals surface area (Å²) in [7, 11) is 5.18. The zero-order chi connectivity index (χ0) is 20.4. The Labute approximate surface area is 172 Å². The van der Waals surface area contributed by atoms with Crippen molar-refractivity contribution in [2.45, 2.75) is 57.5 Å². The van der Waals surface area contributed by atoms with E-state index in [9.17, 15) is 4.79 Å². The van der Waals surface area contributed by atoms with Crippen LogP contribution in [-0.2, 0) is 26.4 Å². The lowest BCUT2D eigenvalue weighted by Gasteiger charge is -2.29. The molecule has 1 aromatic carbocycles. The Hall–Kier alpha value is -2.70. The number of carbonyl (C=O) groups is 1. The van der Waals surface area contributed by atoms with Crippen LogP contribution in [0.1, 0.15) is 49.1 Å². The molecule has 2 aromatic rings. The van der Waals surface area contributed by atoms with Gasteiger partial charge >= 0.3 is 6.03 Å². The van der Waals surface area contributed by atoms with Crippen molar-refractivity contribution < 1.29 is 14.3 Å². The molecule has 7 heteroatoms. The largest absolute Gasteiger partial charge is 0.493 e. The molecule has 4 rings (SSSR count). The highest BCUT2D eigenvalue weighted by Crippen LogP contribution is 2.36. The molecule has 2 amide bonds. The van der Waals surface area contributed by atoms with Crippen LogP contribution < -0.4 is 14.8 Å². The topological polar surface area (TPSA) is 68.6 Å². The second kappa shape index (κ2) is 8.35. The molecule has 1 saturated carbocycles. The molecule has 156 valence electrons. The summed E-state index contributed by atoms with van der Waals surface area (Å²) >= 11 is 0. The van der Waals surface area contributed by atoms with Gasteiger partial charge in [-0.2, -0.15) is 5.10 Å². The first-order chi connectivity index (χ1) is 14.1. The third-order valence-corrected chi connectivity index (χ3v) is 6.19. The Kier molecular flexibility index (Phi) is 5.65. The van der Waals surface area contributed by atoms with Crippen LogP contribution in [0, 0.1) is 0 Å². The van der Waals surface area contributed by atoms with Crippen molar-refractivity contribution in [3.63, 3.8) is 0 Å². The van der Waals surface area contributed by atoms with Gasteiger partial charge in [0, 0.05) is 18.8 Å². The molecule has 7 nitrogen and oxygen atoms in total. The van der Waals surface area contributed by atoms with E-state index in [-0.39, 0.29) is 12.1 Å². The molecule has 0 unspecified atom stereocenters. The number of urea groups is 1. The maximum atomic E-state index is 13.4. The van der Waals surface area contributed by atoms with Crippen molar-refractivity contribution in [2.75, 3.05) is 19.5 Å². The minimum atomic E-state index is -0.110. The molecular weight excluding hydrogens is 368 g/mol. The van der Waals surface area contributed by atoms with Crippen LogP contribution in [0.25, 0.3) is 0 Å². The van der Waals surface area contributed by atoms with E-state index in [1.807, 2.05) is 34.8 Å². The highest BCUT2D eigenvalue weighted by molar-refractivity contribution is 5.92. The van der Waals surface area contributed by atoms with E-state index >= 15 is 0 Å². The molecule has 1 heterocycles. The molecule has 1 N–H and O–H groups in total. The summed E-state index contributed by atoms with van der Waals surface area (Å²) in [5.41, 5.74) is 4.31. The predicted molar refractivity (Wildman–Crippen MR) is 112 cm³/mol. The summed E-state index contributed by atoms with van der Waals surface area (Å²) in [6.07, 6.45) is 7.71. The third-order valence-electron chi connectivity index (χ3n) is 6.19. The van der Waals surface area contributed by atoms with E-state index in [4.69, 9.17) is 14.6 Å². The zero-order valence-corrected chi connectivity index (χ0v) is 17.5. The van der Waals surface area contributed by atoms with Gasteiger partial charge in [0.05, 0.1) is 32.1 Å². The van der Waals surface area contributed by atoms with Crippen LogP contribution in [-0.4, -0.2) is 41.0 Å². The highest BCUT2D eigenvalue weighted by Gasteiger charge is 2.30. The summed E-state index contributed by atoms with van der Waals surface area (Å²) in [6, 6.07) is 5.64. The van der Waals surface area contributed by atoms with Crippen molar-refractivity contribution in [1.82, 2.24) is 14.7 Å². The minimum Gasteiger partial charge on any atom is -0.493 e. The first-order valence-corrected chi connectivity index (χ1v) is 10.4. The summed E-state index contributed by atoms with van der Waals surface area (Å²) in [5, 5.41) is 7.80. The first kappa shape index (κ1) is 19.6. The molecule has 0 radical (unpaired) electrons. The van der Waals surface area contributed by atoms with Crippen molar-refractivity contribution in [3.8, 4) is 11.5 Å². The fourth-order valence-electron chi connectivity index (χ4n) is 4.74. The van der Waals surface area contributed by atoms with Gasteiger partial charge in [0.2, 0.25) is 0 Å². The number of nitrogens with one attached hydrogen (secondary N) is 1. The van der Waals surface area contributed by atoms with Gasteiger partial charge in [-0.25, -0.2) is 4.79 Å². The molecule has 2 aliphatic carbocycles. The number of aryl methyl sites for hydroxylation is 1. The van der Waals surface area contributed by atoms with E-state index < -0.39 is 0 Å². The number of amides is 2. The van der Waals surface area contributed by atoms with Crippen LogP contribution in [0.2, 0.25) is 0 Å². The van der Waals surface area contributed by atoms with Crippen LogP contribution in [0.3, 0.4) is 0 Å². The Morgan fingerprint density at radius 2 is 2.00 bits per heavy atom. The Morgan fingerprint density at radius 1 is 1.21 bits per heavy atom. The lowest BCUT2D eigenvalue weighted by Crippen LogP contribution is -2.41. The summed E-state index contributed by atoms with van der Waals surface area (Å²) in [6.45, 7) is 0.548. The molecule has 1 aromatic heterocycles. The number of aromatic nitrogens is 2. The number of fused-ring (bicyclic) bond motifs is 1. The molecule has 0 saturated heterocycles. The number of anilines is 1. The van der Waals surface area contributed by atoms with Crippen molar-refractivity contribution in [1.29, 1.82) is 0 Å². The van der Waals surface area contributed by atoms with Crippen molar-refractivity contribution in [2.24, 2.45) is 7.05 Å². The van der Waals surface area contributed by atoms with E-state index in [2.05, 4.69) is 5.32 Å². The molecule has 0 aliphatic heterocycles. The van der Waals surface area contributed by atoms with E-state index in [0.717, 1.165) is 44.2 Å². The second-order valence-electron chi connectivity index (χ2n) is 7.89. The minimum absolute atomic E-state index is 0.110. The highest BCUT2D eigenvalue weighted by atomic mass is 16.5. The summed E-state index contributed by atoms with van der Waals surface area (Å²) in [5.74, 6) is 1.13. The molecule has 29 heavy (non-hydrogen) atoms. The van der Waals surface area contributed by atoms with Crippen LogP contribution in [0.15, 0.2) is 18.2 Å². The normalized spacial score (nSPS) is 16.0. The SMILES string of the molecule is COc1cccc(NC(=O)N(Cc2nn(C)c3c2CCC3)C2CCCC2)c1OC. The zero-order valence-electron chi connectivity index (χ0n) is 17.5. The van der Waals surface area contributed by atoms with Crippen molar-refractivity contribution >= 4 is 11.7 Å². The molecule has 0 spiro atoms. The lowest BCUT2D eigenvalue weighted by molar-refractivity contribution is 0.183. The average molecular weight is 399 g/mol. The first-order valence-electron chi connectivity index (χ1n) is 10.4. The standard InChI is InChI=1S/C22H30N4O3/c1-25-19-12-6-10-16(19)18(24-25)14-26(15-8-4-5-9-15)22(27)23-17-11-7-13-20(28-2)21(17)29-3/h7,11,13,15H,4-6,8-10,12,14H2,1-3H3,(H,23,27). The maximum Gasteiger partial charge on any atom is 0.322 e. The number of ether oxygens (including phenoxy) is 2. The Balaban J connectivity index is 1.59. The fourth-order valence-corrected chi connectivity index (χ4v) is 4.74. The monoisotopic (exact) mass is 398 g/mol. The quantitative estimate of drug-likeness (QED) is 0.801. The fraction of sp³-hybridized carbons (Fsp3) is 0.545. The van der Waals surface area contributed by atoms with Gasteiger partial charge in [-0.15, -0.1) is 0 Å². The van der Waals surface area contributed by atoms with E-state index in [0.29, 0.717) is 23.7 Å². The van der Waals surface area contributed by atoms with Crippen LogP contribution in [0.5, 0.6) is 11.5 Å². The second-order valence-corrected chi connectivity index (χ2v) is 7.89. The number of nitrogens with zero attached hydrogens (tertiary/aromatic N) is 3. The number of hydrogen-bond acceptors (Lipinski definition) is 4. The Morgan fingerprint density at radius 3 is 2.72 bits per heavy atom. The lowest BCUT2D eigenvalue weighted by atomic mass is 10.1. The van der Waals surface area contributed by atoms with E-state index in [1.54, 1.807) is 14.2 Å².